The average Bonchev–Trinajstić information content (AvgIpc) is 1.45. The second kappa shape index (κ2) is 45.5. The monoisotopic (exact) mass is 2060 g/mol. The van der Waals surface area contributed by atoms with Gasteiger partial charge in [0, 0.05) is 0 Å². The van der Waals surface area contributed by atoms with Crippen LogP contribution in [0.25, 0.3) is 0 Å². The third kappa shape index (κ3) is 34.3. The molecule has 0 aromatic heterocycles. The third-order valence-corrected chi connectivity index (χ3v) is 35.8. The van der Waals surface area contributed by atoms with E-state index in [0.717, 1.165) is 70.5 Å². The molecule has 30 nitrogen and oxygen atoms in total. The number of hydrogen-bond acceptors (Lipinski definition) is 30. The van der Waals surface area contributed by atoms with Crippen LogP contribution in [0.3, 0.4) is 0 Å². The predicted octanol–water partition coefficient (Wildman–Crippen LogP) is 19.0. The molecule has 0 amide bonds. The first-order valence-electron chi connectivity index (χ1n) is 42.9. The molecule has 136 heavy (non-hydrogen) atoms. The molecular weight excluding hydrogens is 1950 g/mol. The molecule has 0 N–H and O–H groups in total. The molecule has 16 rings (SSSR count). The van der Waals surface area contributed by atoms with Crippen molar-refractivity contribution in [2.75, 3.05) is 46.5 Å². The van der Waals surface area contributed by atoms with Gasteiger partial charge < -0.3 is 44.6 Å². The van der Waals surface area contributed by atoms with Gasteiger partial charge >= 0.3 is 50.6 Å². The minimum Gasteiger partial charge on any atom is -0.457 e. The number of sulfone groups is 5. The molecule has 5 aliphatic carbocycles. The average molecular weight is 2060 g/mol. The van der Waals surface area contributed by atoms with Gasteiger partial charge in [0.05, 0.1) is 76.3 Å². The first-order chi connectivity index (χ1) is 63.7. The van der Waals surface area contributed by atoms with E-state index in [2.05, 4.69) is 0 Å². The minimum absolute atomic E-state index is 0. The molecule has 0 radical (unpaired) electrons. The Morgan fingerprint density at radius 1 is 0.243 bits per heavy atom. The van der Waals surface area contributed by atoms with Crippen molar-refractivity contribution in [2.24, 2.45) is 29.6 Å². The quantitative estimate of drug-likeness (QED) is 0.0322. The molecule has 11 aromatic rings. The van der Waals surface area contributed by atoms with Crippen LogP contribution in [0.5, 0.6) is 86.2 Å². The van der Waals surface area contributed by atoms with E-state index >= 15 is 0 Å². The van der Waals surface area contributed by atoms with E-state index in [1.807, 2.05) is 0 Å². The van der Waals surface area contributed by atoms with Crippen molar-refractivity contribution < 1.29 is 129 Å². The first kappa shape index (κ1) is 105. The van der Waals surface area contributed by atoms with Crippen LogP contribution < -0.4 is 44.6 Å². The summed E-state index contributed by atoms with van der Waals surface area (Å²) in [5.41, 5.74) is 0. The maximum atomic E-state index is 12.3. The Bertz CT molecular complexity index is 7080. The van der Waals surface area contributed by atoms with E-state index in [0.29, 0.717) is 107 Å². The highest BCUT2D eigenvalue weighted by atomic mass is 32.2. The molecule has 0 saturated heterocycles. The summed E-state index contributed by atoms with van der Waals surface area (Å²) in [7, 11) is -34.5. The normalized spacial score (nSPS) is 14.6. The lowest BCUT2D eigenvalue weighted by molar-refractivity contribution is 0.469. The van der Waals surface area contributed by atoms with Gasteiger partial charge in [0.25, 0.3) is 0 Å². The van der Waals surface area contributed by atoms with Crippen molar-refractivity contribution in [1.82, 2.24) is 0 Å². The highest BCUT2D eigenvalue weighted by Gasteiger charge is 2.34. The molecule has 40 heteroatoms. The highest BCUT2D eigenvalue weighted by molar-refractivity contribution is 7.93. The van der Waals surface area contributed by atoms with Gasteiger partial charge in [0.15, 0.2) is 49.2 Å². The lowest BCUT2D eigenvalue weighted by Crippen LogP contribution is -2.19. The second-order valence-corrected chi connectivity index (χ2v) is 51.8. The first-order valence-corrected chi connectivity index (χ1v) is 59.0. The Hall–Kier alpha value is -11.1. The third-order valence-electron chi connectivity index (χ3n) is 20.5. The van der Waals surface area contributed by atoms with Gasteiger partial charge in [-0.3, -0.25) is 0 Å². The van der Waals surface area contributed by atoms with Crippen molar-refractivity contribution in [3.63, 3.8) is 0 Å². The van der Waals surface area contributed by atoms with E-state index in [-0.39, 0.29) is 92.2 Å². The molecule has 0 bridgehead atoms. The van der Waals surface area contributed by atoms with E-state index < -0.39 is 105 Å². The Labute approximate surface area is 797 Å². The molecule has 0 heterocycles. The summed E-state index contributed by atoms with van der Waals surface area (Å²) in [6.07, 6.45) is 11.3. The van der Waals surface area contributed by atoms with Gasteiger partial charge in [-0.2, -0.15) is 42.1 Å². The lowest BCUT2D eigenvalue weighted by atomic mass is 10.3. The summed E-state index contributed by atoms with van der Waals surface area (Å²) in [4.78, 5) is 1.55. The zero-order valence-corrected chi connectivity index (χ0v) is 82.2. The van der Waals surface area contributed by atoms with Gasteiger partial charge in [-0.25, -0.2) is 42.1 Å². The molecule has 0 spiro atoms. The van der Waals surface area contributed by atoms with Gasteiger partial charge in [-0.1, -0.05) is 32.5 Å². The Kier molecular flexibility index (Phi) is 35.2. The minimum atomic E-state index is -3.91. The predicted molar refractivity (Wildman–Crippen MR) is 515 cm³/mol. The Balaban J connectivity index is 0.000000163. The largest absolute Gasteiger partial charge is 0.457 e. The van der Waals surface area contributed by atoms with E-state index in [9.17, 15) is 84.2 Å². The standard InChI is InChI=1S/C22H20O6S2.2C19H22O6S2.C18H20O6S2.C17H18O6S2.CH4/c23-29(24,16-17-6-7-17)21-14-12-19(13-15-21)27-18-8-10-20(11-9-18)28-30(25,26)22-4-2-1-3-5-22;1-14(2)27(22,23)25-18-7-5-16(6-8-18)24-17-9-11-19(12-10-17)26(20,21)13-15-3-4-15;1-2-13-27(22,23)25-18-7-5-16(6-8-18)24-17-9-11-19(12-10-17)26(20,21)14-15-3-4-15;1-2-26(21,22)24-17-7-5-15(6-8-17)23-16-9-11-18(12-10-16)25(19,20)13-14-3-4-14;1-24(18,19)23-16-6-4-14(5-7-16)22-15-8-10-17(11-9-15)25(20,21)12-13-2-3-13;/h1-5,8-15,17H,6-7,16H2;5-12,14-15H,3-4,13H2,1-2H3;5-12,15H,2-4,13-14H2,1H3;5-12,14H,2-4,13H2,1H3;4-11,13H,2-3,12H2,1H3;1H4. The van der Waals surface area contributed by atoms with E-state index in [1.165, 1.54) is 104 Å². The molecule has 5 saturated carbocycles. The van der Waals surface area contributed by atoms with Crippen LogP contribution in [0.4, 0.5) is 0 Å². The second-order valence-electron chi connectivity index (χ2n) is 32.9. The topological polar surface area (TPSA) is 434 Å². The summed E-state index contributed by atoms with van der Waals surface area (Å²) in [6, 6.07) is 70.1. The molecule has 0 unspecified atom stereocenters. The van der Waals surface area contributed by atoms with Crippen LogP contribution in [-0.2, 0) is 99.8 Å². The van der Waals surface area contributed by atoms with Crippen molar-refractivity contribution >= 4 is 99.8 Å². The number of benzene rings is 11. The molecule has 11 aromatic carbocycles. The van der Waals surface area contributed by atoms with Crippen molar-refractivity contribution in [1.29, 1.82) is 0 Å². The molecule has 5 aliphatic rings. The smallest absolute Gasteiger partial charge is 0.339 e. The fourth-order valence-electron chi connectivity index (χ4n) is 12.3. The van der Waals surface area contributed by atoms with Gasteiger partial charge in [-0.05, 0) is 376 Å². The van der Waals surface area contributed by atoms with Crippen molar-refractivity contribution in [3.05, 3.63) is 273 Å². The molecule has 5 fully saturated rings. The van der Waals surface area contributed by atoms with Gasteiger partial charge in [0.1, 0.15) is 91.1 Å². The number of hydrogen-bond donors (Lipinski definition) is 0. The fourth-order valence-corrected chi connectivity index (χ4v) is 24.3. The summed E-state index contributed by atoms with van der Waals surface area (Å²) in [5.74, 6) is 8.17. The number of ether oxygens (including phenoxy) is 5. The van der Waals surface area contributed by atoms with Crippen LogP contribution in [0.15, 0.2) is 302 Å². The summed E-state index contributed by atoms with van der Waals surface area (Å²) in [6.45, 7) is 6.35. The van der Waals surface area contributed by atoms with Crippen LogP contribution in [0.2, 0.25) is 0 Å². The van der Waals surface area contributed by atoms with Crippen molar-refractivity contribution in [2.45, 2.75) is 140 Å². The van der Waals surface area contributed by atoms with Crippen LogP contribution in [-0.4, -0.2) is 136 Å². The van der Waals surface area contributed by atoms with Crippen molar-refractivity contribution in [3.8, 4) is 86.2 Å². The lowest BCUT2D eigenvalue weighted by Gasteiger charge is -2.11. The van der Waals surface area contributed by atoms with Crippen LogP contribution in [0, 0.1) is 29.6 Å². The molecule has 0 aliphatic heterocycles. The van der Waals surface area contributed by atoms with Crippen LogP contribution in [0.1, 0.15) is 106 Å². The maximum absolute atomic E-state index is 12.3. The Morgan fingerprint density at radius 3 is 0.647 bits per heavy atom. The SMILES string of the molecule is C.CC(C)S(=O)(=O)Oc1ccc(Oc2ccc(S(=O)(=O)CC3CC3)cc2)cc1.CCCS(=O)(=O)Oc1ccc(Oc2ccc(S(=O)(=O)CC3CC3)cc2)cc1.CCS(=O)(=O)Oc1ccc(Oc2ccc(S(=O)(=O)CC3CC3)cc2)cc1.CS(=O)(=O)Oc1ccc(Oc2ccc(S(=O)(=O)CC3CC3)cc2)cc1.O=S(=O)(CC1CC1)c1ccc(Oc2ccc(OS(=O)(=O)c3ccccc3)cc2)cc1. The van der Waals surface area contributed by atoms with E-state index in [4.69, 9.17) is 44.6 Å². The fraction of sp³-hybridized carbons (Fsp3) is 0.312. The highest BCUT2D eigenvalue weighted by Crippen LogP contribution is 2.40. The number of rotatable bonds is 40. The summed E-state index contributed by atoms with van der Waals surface area (Å²) in [5, 5.41) is -0.636. The summed E-state index contributed by atoms with van der Waals surface area (Å²) >= 11 is 0. The van der Waals surface area contributed by atoms with Crippen LogP contribution >= 0.6 is 0 Å². The maximum Gasteiger partial charge on any atom is 0.339 e. The molecule has 730 valence electrons. The summed E-state index contributed by atoms with van der Waals surface area (Å²) < 4.78 is 292. The Morgan fingerprint density at radius 2 is 0.441 bits per heavy atom. The van der Waals surface area contributed by atoms with E-state index in [1.54, 1.807) is 197 Å². The van der Waals surface area contributed by atoms with Gasteiger partial charge in [-0.15, -0.1) is 0 Å². The molecule has 0 atom stereocenters. The zero-order chi connectivity index (χ0) is 97.2. The zero-order valence-electron chi connectivity index (χ0n) is 74.0. The molecular formula is C96H106O30S10. The van der Waals surface area contributed by atoms with Gasteiger partial charge in [0.2, 0.25) is 0 Å².